The predicted molar refractivity (Wildman–Crippen MR) is 157 cm³/mol. The van der Waals surface area contributed by atoms with E-state index in [9.17, 15) is 0 Å². The molecule has 5 rings (SSSR count). The summed E-state index contributed by atoms with van der Waals surface area (Å²) in [6, 6.07) is 30.5. The minimum Gasteiger partial charge on any atom is -0.467 e. The highest BCUT2D eigenvalue weighted by Gasteiger charge is 2.48. The van der Waals surface area contributed by atoms with Gasteiger partial charge < -0.3 is 23.7 Å². The van der Waals surface area contributed by atoms with Gasteiger partial charge in [-0.3, -0.25) is 0 Å². The van der Waals surface area contributed by atoms with Crippen LogP contribution in [0.2, 0.25) is 0 Å². The smallest absolute Gasteiger partial charge is 0.318 e. The summed E-state index contributed by atoms with van der Waals surface area (Å²) in [6.45, 7) is 1.54. The number of alkyl halides is 1. The minimum atomic E-state index is -0.601. The van der Waals surface area contributed by atoms with Crippen molar-refractivity contribution in [2.45, 2.75) is 49.2 Å². The summed E-state index contributed by atoms with van der Waals surface area (Å²) in [5, 5.41) is 4.49. The Labute approximate surface area is 250 Å². The molecule has 0 radical (unpaired) electrons. The Balaban J connectivity index is 1.42. The van der Waals surface area contributed by atoms with Crippen molar-refractivity contribution in [1.29, 1.82) is 0 Å². The molecule has 1 aliphatic heterocycles. The highest BCUT2D eigenvalue weighted by molar-refractivity contribution is 9.10. The molecule has 10 heteroatoms. The van der Waals surface area contributed by atoms with Crippen LogP contribution in [-0.4, -0.2) is 51.6 Å². The number of benzene rings is 3. The maximum Gasteiger partial charge on any atom is 0.318 e. The molecule has 0 saturated carbocycles. The molecule has 0 N–H and O–H groups in total. The van der Waals surface area contributed by atoms with E-state index in [0.29, 0.717) is 30.6 Å². The predicted octanol–water partition coefficient (Wildman–Crippen LogP) is 6.10. The summed E-state index contributed by atoms with van der Waals surface area (Å²) in [4.78, 5) is 3.98. The van der Waals surface area contributed by atoms with Crippen molar-refractivity contribution in [2.24, 2.45) is 0 Å². The summed E-state index contributed by atoms with van der Waals surface area (Å²) >= 11 is 7.23. The molecular weight excluding hydrogens is 642 g/mol. The van der Waals surface area contributed by atoms with Gasteiger partial charge in [-0.2, -0.15) is 9.67 Å². The number of hydrogen-bond donors (Lipinski definition) is 0. The molecule has 1 fully saturated rings. The van der Waals surface area contributed by atoms with E-state index in [1.165, 1.54) is 0 Å². The van der Waals surface area contributed by atoms with Gasteiger partial charge in [0.05, 0.1) is 38.4 Å². The molecule has 0 bridgehead atoms. The summed E-state index contributed by atoms with van der Waals surface area (Å²) in [5.74, 6) is 0. The van der Waals surface area contributed by atoms with Crippen molar-refractivity contribution in [1.82, 2.24) is 14.8 Å². The fourth-order valence-corrected chi connectivity index (χ4v) is 5.72. The van der Waals surface area contributed by atoms with E-state index in [2.05, 4.69) is 41.9 Å². The van der Waals surface area contributed by atoms with Gasteiger partial charge >= 0.3 is 6.01 Å². The normalized spacial score (nSPS) is 22.7. The largest absolute Gasteiger partial charge is 0.467 e. The van der Waals surface area contributed by atoms with E-state index in [0.717, 1.165) is 16.7 Å². The van der Waals surface area contributed by atoms with Crippen LogP contribution in [0.25, 0.3) is 0 Å². The number of ether oxygens (including phenoxy) is 5. The van der Waals surface area contributed by atoms with E-state index in [1.54, 1.807) is 11.8 Å². The maximum absolute atomic E-state index is 6.64. The molecule has 1 aromatic heterocycles. The third-order valence-electron chi connectivity index (χ3n) is 6.55. The van der Waals surface area contributed by atoms with E-state index in [1.807, 2.05) is 91.0 Å². The summed E-state index contributed by atoms with van der Waals surface area (Å²) in [7, 11) is 1.55. The highest BCUT2D eigenvalue weighted by Crippen LogP contribution is 2.39. The van der Waals surface area contributed by atoms with Crippen molar-refractivity contribution in [3.05, 3.63) is 112 Å². The lowest BCUT2D eigenvalue weighted by atomic mass is 9.99. The third-order valence-corrected chi connectivity index (χ3v) is 7.86. The summed E-state index contributed by atoms with van der Waals surface area (Å²) in [5.41, 5.74) is 3.20. The summed E-state index contributed by atoms with van der Waals surface area (Å²) in [6.07, 6.45) is -1.94. The second-order valence-corrected chi connectivity index (χ2v) is 11.1. The fourth-order valence-electron chi connectivity index (χ4n) is 4.59. The zero-order valence-electron chi connectivity index (χ0n) is 22.0. The molecule has 0 unspecified atom stereocenters. The van der Waals surface area contributed by atoms with Crippen LogP contribution in [0, 0.1) is 0 Å². The van der Waals surface area contributed by atoms with Crippen LogP contribution in [0.3, 0.4) is 0 Å². The first-order valence-corrected chi connectivity index (χ1v) is 14.7. The monoisotopic (exact) mass is 671 g/mol. The standard InChI is InChI=1S/C30H31Br2N3O5/c1-36-30-33-29(32)34-35(30)28-25(31)27(39-19-23-15-9-4-10-16-23)26(38-18-22-13-7-3-8-14-22)24(40-28)20-37-17-21-11-5-2-6-12-21/h2-16,24-28H,17-20H2,1H3/t24-,25-,26-,27-,28-/m1/s1. The van der Waals surface area contributed by atoms with Gasteiger partial charge in [-0.1, -0.05) is 107 Å². The zero-order valence-corrected chi connectivity index (χ0v) is 25.2. The molecule has 1 saturated heterocycles. The Hall–Kier alpha value is -2.60. The van der Waals surface area contributed by atoms with Crippen LogP contribution in [0.4, 0.5) is 0 Å². The van der Waals surface area contributed by atoms with Crippen molar-refractivity contribution in [2.75, 3.05) is 13.7 Å². The highest BCUT2D eigenvalue weighted by atomic mass is 79.9. The molecule has 5 atom stereocenters. The Morgan fingerprint density at radius 3 is 1.85 bits per heavy atom. The van der Waals surface area contributed by atoms with Crippen LogP contribution in [0.1, 0.15) is 22.9 Å². The molecule has 1 aliphatic rings. The fraction of sp³-hybridized carbons (Fsp3) is 0.333. The van der Waals surface area contributed by atoms with Gasteiger partial charge in [0.25, 0.3) is 0 Å². The van der Waals surface area contributed by atoms with Crippen LogP contribution >= 0.6 is 31.9 Å². The number of aromatic nitrogens is 3. The minimum absolute atomic E-state index is 0.286. The SMILES string of the molecule is COc1nc(Br)nn1[C@@H]1O[C@H](COCc2ccccc2)[C@@H](OCc2ccccc2)[C@H](OCc2ccccc2)[C@H]1Br. The number of nitrogens with zero attached hydrogens (tertiary/aromatic N) is 3. The average molecular weight is 673 g/mol. The van der Waals surface area contributed by atoms with Crippen LogP contribution in [0.5, 0.6) is 6.01 Å². The first-order chi connectivity index (χ1) is 19.6. The average Bonchev–Trinajstić information content (AvgIpc) is 3.38. The number of halogens is 2. The summed E-state index contributed by atoms with van der Waals surface area (Å²) < 4.78 is 33.5. The topological polar surface area (TPSA) is 76.9 Å². The molecule has 4 aromatic rings. The van der Waals surface area contributed by atoms with E-state index < -0.39 is 24.5 Å². The zero-order chi connectivity index (χ0) is 27.7. The van der Waals surface area contributed by atoms with Gasteiger partial charge in [0, 0.05) is 0 Å². The van der Waals surface area contributed by atoms with Crippen molar-refractivity contribution in [3.8, 4) is 6.01 Å². The first-order valence-electron chi connectivity index (χ1n) is 13.0. The van der Waals surface area contributed by atoms with Crippen LogP contribution in [0.15, 0.2) is 95.7 Å². The van der Waals surface area contributed by atoms with Crippen molar-refractivity contribution < 1.29 is 23.7 Å². The Bertz CT molecular complexity index is 1310. The van der Waals surface area contributed by atoms with Crippen LogP contribution < -0.4 is 4.74 Å². The van der Waals surface area contributed by atoms with Crippen molar-refractivity contribution >= 4 is 31.9 Å². The van der Waals surface area contributed by atoms with Gasteiger partial charge in [-0.25, -0.2) is 0 Å². The second kappa shape index (κ2) is 14.3. The van der Waals surface area contributed by atoms with Gasteiger partial charge in [-0.05, 0) is 32.6 Å². The second-order valence-electron chi connectivity index (χ2n) is 9.34. The number of rotatable bonds is 12. The van der Waals surface area contributed by atoms with E-state index in [4.69, 9.17) is 23.7 Å². The Kier molecular flexibility index (Phi) is 10.4. The molecule has 8 nitrogen and oxygen atoms in total. The molecule has 0 spiro atoms. The van der Waals surface area contributed by atoms with E-state index in [-0.39, 0.29) is 11.4 Å². The lowest BCUT2D eigenvalue weighted by Crippen LogP contribution is -2.57. The lowest BCUT2D eigenvalue weighted by Gasteiger charge is -2.44. The van der Waals surface area contributed by atoms with Gasteiger partial charge in [-0.15, -0.1) is 5.10 Å². The van der Waals surface area contributed by atoms with E-state index >= 15 is 0 Å². The van der Waals surface area contributed by atoms with Gasteiger partial charge in [0.2, 0.25) is 4.73 Å². The van der Waals surface area contributed by atoms with Crippen molar-refractivity contribution in [3.63, 3.8) is 0 Å². The van der Waals surface area contributed by atoms with Gasteiger partial charge in [0.15, 0.2) is 6.23 Å². The molecule has 0 amide bonds. The van der Waals surface area contributed by atoms with Crippen LogP contribution in [-0.2, 0) is 38.8 Å². The molecule has 210 valence electrons. The molecule has 0 aliphatic carbocycles. The Morgan fingerprint density at radius 1 is 0.775 bits per heavy atom. The van der Waals surface area contributed by atoms with Gasteiger partial charge in [0.1, 0.15) is 18.3 Å². The molecule has 40 heavy (non-hydrogen) atoms. The number of hydrogen-bond acceptors (Lipinski definition) is 7. The quantitative estimate of drug-likeness (QED) is 0.169. The molecular formula is C30H31Br2N3O5. The maximum atomic E-state index is 6.64. The first kappa shape index (κ1) is 28.9. The molecule has 2 heterocycles. The third kappa shape index (κ3) is 7.37. The number of methoxy groups -OCH3 is 1. The molecule has 3 aromatic carbocycles. The Morgan fingerprint density at radius 2 is 1.30 bits per heavy atom. The lowest BCUT2D eigenvalue weighted by molar-refractivity contribution is -0.234.